The van der Waals surface area contributed by atoms with Gasteiger partial charge in [-0.1, -0.05) is 28.4 Å². The molecule has 1 aromatic carbocycles. The molecule has 0 bridgehead atoms. The van der Waals surface area contributed by atoms with Crippen molar-refractivity contribution in [3.63, 3.8) is 0 Å². The van der Waals surface area contributed by atoms with Crippen molar-refractivity contribution in [2.75, 3.05) is 6.54 Å². The Labute approximate surface area is 219 Å². The predicted octanol–water partition coefficient (Wildman–Crippen LogP) is 6.12. The highest BCUT2D eigenvalue weighted by Crippen LogP contribution is 2.51. The van der Waals surface area contributed by atoms with E-state index >= 15 is 0 Å². The van der Waals surface area contributed by atoms with Crippen molar-refractivity contribution >= 4 is 51.9 Å². The molecule has 1 amide bonds. The SMILES string of the molecule is N#CCNC(=O)CCC(=O)c1sc(C2=NOC(c3cc(Cl)cc(Cl)c3)(C(F)(F)F)C2)c2c1CCCC2. The standard InChI is InChI=1S/C24H20Cl2F3N3O3S/c25-14-9-13(10-15(26)11-14)23(24(27,28)29)12-18(32-35-23)21-16-3-1-2-4-17(16)22(36-21)19(33)5-6-20(34)31-8-7-30/h9-11H,1-6,8,12H2,(H,31,34). The van der Waals surface area contributed by atoms with Crippen molar-refractivity contribution in [1.82, 2.24) is 5.32 Å². The van der Waals surface area contributed by atoms with Crippen molar-refractivity contribution < 1.29 is 27.6 Å². The van der Waals surface area contributed by atoms with Gasteiger partial charge in [-0.25, -0.2) is 0 Å². The van der Waals surface area contributed by atoms with Gasteiger partial charge in [0.1, 0.15) is 12.3 Å². The Balaban J connectivity index is 1.65. The third-order valence-electron chi connectivity index (χ3n) is 6.19. The van der Waals surface area contributed by atoms with Gasteiger partial charge in [0.05, 0.1) is 22.2 Å². The Morgan fingerprint density at radius 3 is 2.44 bits per heavy atom. The van der Waals surface area contributed by atoms with E-state index in [1.165, 1.54) is 6.07 Å². The number of nitrogens with zero attached hydrogens (tertiary/aromatic N) is 2. The normalized spacial score (nSPS) is 19.2. The molecule has 0 fully saturated rings. The summed E-state index contributed by atoms with van der Waals surface area (Å²) in [7, 11) is 0. The highest BCUT2D eigenvalue weighted by Gasteiger charge is 2.62. The summed E-state index contributed by atoms with van der Waals surface area (Å²) in [5.74, 6) is -0.681. The number of Topliss-reactive ketones (excluding diaryl/α,β-unsaturated/α-hetero) is 1. The van der Waals surface area contributed by atoms with Crippen molar-refractivity contribution in [2.45, 2.75) is 56.7 Å². The number of amides is 1. The van der Waals surface area contributed by atoms with Crippen LogP contribution in [0.5, 0.6) is 0 Å². The lowest BCUT2D eigenvalue weighted by Crippen LogP contribution is -2.42. The first-order valence-electron chi connectivity index (χ1n) is 11.2. The van der Waals surface area contributed by atoms with Crippen LogP contribution in [0.1, 0.15) is 63.3 Å². The van der Waals surface area contributed by atoms with E-state index in [0.29, 0.717) is 22.6 Å². The number of nitrogens with one attached hydrogen (secondary N) is 1. The highest BCUT2D eigenvalue weighted by atomic mass is 35.5. The zero-order valence-electron chi connectivity index (χ0n) is 18.8. The Morgan fingerprint density at radius 1 is 1.14 bits per heavy atom. The Bertz CT molecular complexity index is 1270. The van der Waals surface area contributed by atoms with Gasteiger partial charge in [0.15, 0.2) is 5.78 Å². The average Bonchev–Trinajstić information content (AvgIpc) is 3.43. The summed E-state index contributed by atoms with van der Waals surface area (Å²) in [4.78, 5) is 30.9. The molecular formula is C24H20Cl2F3N3O3S. The molecule has 1 aliphatic carbocycles. The summed E-state index contributed by atoms with van der Waals surface area (Å²) in [6.45, 7) is -0.149. The van der Waals surface area contributed by atoms with Crippen LogP contribution in [0.2, 0.25) is 10.0 Å². The highest BCUT2D eigenvalue weighted by molar-refractivity contribution is 7.16. The molecule has 4 rings (SSSR count). The quantitative estimate of drug-likeness (QED) is 0.328. The number of benzene rings is 1. The van der Waals surface area contributed by atoms with Crippen molar-refractivity contribution in [1.29, 1.82) is 5.26 Å². The molecule has 1 atom stereocenters. The second kappa shape index (κ2) is 10.4. The topological polar surface area (TPSA) is 91.6 Å². The number of nitriles is 1. The lowest BCUT2D eigenvalue weighted by molar-refractivity contribution is -0.275. The molecule has 1 aliphatic heterocycles. The maximum Gasteiger partial charge on any atom is 0.435 e. The number of fused-ring (bicyclic) bond motifs is 1. The minimum absolute atomic E-state index is 0.0402. The van der Waals surface area contributed by atoms with Gasteiger partial charge in [-0.3, -0.25) is 9.59 Å². The summed E-state index contributed by atoms with van der Waals surface area (Å²) in [6, 6.07) is 5.45. The van der Waals surface area contributed by atoms with Gasteiger partial charge in [-0.15, -0.1) is 11.3 Å². The van der Waals surface area contributed by atoms with Crippen LogP contribution in [0.4, 0.5) is 13.2 Å². The maximum atomic E-state index is 14.4. The van der Waals surface area contributed by atoms with E-state index in [1.807, 2.05) is 0 Å². The van der Waals surface area contributed by atoms with Crippen LogP contribution in [-0.4, -0.2) is 30.1 Å². The van der Waals surface area contributed by atoms with Crippen molar-refractivity contribution in [3.05, 3.63) is 54.7 Å². The van der Waals surface area contributed by atoms with Crippen LogP contribution in [0.25, 0.3) is 0 Å². The van der Waals surface area contributed by atoms with E-state index in [4.69, 9.17) is 33.3 Å². The minimum atomic E-state index is -4.82. The zero-order chi connectivity index (χ0) is 26.1. The second-order valence-electron chi connectivity index (χ2n) is 8.57. The van der Waals surface area contributed by atoms with E-state index in [9.17, 15) is 22.8 Å². The number of carbonyl (C=O) groups is 2. The predicted molar refractivity (Wildman–Crippen MR) is 130 cm³/mol. The Hall–Kier alpha value is -2.61. The van der Waals surface area contributed by atoms with E-state index in [2.05, 4.69) is 10.5 Å². The van der Waals surface area contributed by atoms with E-state index < -0.39 is 24.1 Å². The summed E-state index contributed by atoms with van der Waals surface area (Å²) in [6.07, 6.45) is -2.65. The van der Waals surface area contributed by atoms with Crippen molar-refractivity contribution in [3.8, 4) is 6.07 Å². The Morgan fingerprint density at radius 2 is 1.81 bits per heavy atom. The first-order valence-corrected chi connectivity index (χ1v) is 12.7. The van der Waals surface area contributed by atoms with E-state index in [0.717, 1.165) is 47.4 Å². The summed E-state index contributed by atoms with van der Waals surface area (Å²) >= 11 is 13.1. The number of rotatable bonds is 7. The summed E-state index contributed by atoms with van der Waals surface area (Å²) in [5, 5.41) is 14.9. The first kappa shape index (κ1) is 26.5. The van der Waals surface area contributed by atoms with Gasteiger partial charge in [-0.2, -0.15) is 18.4 Å². The number of oxime groups is 1. The number of hydrogen-bond donors (Lipinski definition) is 1. The van der Waals surface area contributed by atoms with Gasteiger partial charge < -0.3 is 10.2 Å². The molecule has 1 aromatic heterocycles. The molecule has 36 heavy (non-hydrogen) atoms. The van der Waals surface area contributed by atoms with E-state index in [-0.39, 0.29) is 46.5 Å². The molecule has 0 saturated carbocycles. The molecule has 2 aliphatic rings. The van der Waals surface area contributed by atoms with Gasteiger partial charge in [0.25, 0.3) is 5.60 Å². The largest absolute Gasteiger partial charge is 0.435 e. The van der Waals surface area contributed by atoms with Crippen LogP contribution < -0.4 is 5.32 Å². The van der Waals surface area contributed by atoms with Gasteiger partial charge in [0, 0.05) is 28.5 Å². The van der Waals surface area contributed by atoms with E-state index in [1.54, 1.807) is 6.07 Å². The summed E-state index contributed by atoms with van der Waals surface area (Å²) in [5.41, 5.74) is -1.28. The fourth-order valence-corrected chi connectivity index (χ4v) is 6.34. The molecule has 0 radical (unpaired) electrons. The van der Waals surface area contributed by atoms with Crippen LogP contribution in [-0.2, 0) is 28.1 Å². The smallest absolute Gasteiger partial charge is 0.374 e. The third kappa shape index (κ3) is 5.10. The molecule has 12 heteroatoms. The maximum absolute atomic E-state index is 14.4. The molecule has 0 spiro atoms. The molecule has 0 saturated heterocycles. The fourth-order valence-electron chi connectivity index (χ4n) is 4.47. The summed E-state index contributed by atoms with van der Waals surface area (Å²) < 4.78 is 43.2. The Kier molecular flexibility index (Phi) is 7.64. The van der Waals surface area contributed by atoms with Crippen LogP contribution in [0, 0.1) is 11.3 Å². The van der Waals surface area contributed by atoms with Gasteiger partial charge in [-0.05, 0) is 55.0 Å². The van der Waals surface area contributed by atoms with Crippen LogP contribution >= 0.6 is 34.5 Å². The minimum Gasteiger partial charge on any atom is -0.374 e. The fraction of sp³-hybridized carbons (Fsp3) is 0.417. The molecular weight excluding hydrogens is 538 g/mol. The number of hydrogen-bond acceptors (Lipinski definition) is 6. The van der Waals surface area contributed by atoms with Crippen LogP contribution in [0.3, 0.4) is 0 Å². The number of ketones is 1. The second-order valence-corrected chi connectivity index (χ2v) is 10.5. The number of alkyl halides is 3. The van der Waals surface area contributed by atoms with Crippen LogP contribution in [0.15, 0.2) is 23.4 Å². The van der Waals surface area contributed by atoms with Gasteiger partial charge >= 0.3 is 6.18 Å². The van der Waals surface area contributed by atoms with Crippen molar-refractivity contribution in [2.24, 2.45) is 5.16 Å². The molecule has 6 nitrogen and oxygen atoms in total. The average molecular weight is 558 g/mol. The molecule has 190 valence electrons. The number of halogens is 5. The zero-order valence-corrected chi connectivity index (χ0v) is 21.1. The first-order chi connectivity index (χ1) is 17.1. The molecule has 2 aromatic rings. The molecule has 2 heterocycles. The monoisotopic (exact) mass is 557 g/mol. The third-order valence-corrected chi connectivity index (χ3v) is 7.99. The molecule has 1 N–H and O–H groups in total. The number of carbonyl (C=O) groups excluding carboxylic acids is 2. The molecule has 1 unspecified atom stereocenters. The lowest BCUT2D eigenvalue weighted by Gasteiger charge is -2.29. The van der Waals surface area contributed by atoms with Gasteiger partial charge in [0.2, 0.25) is 5.91 Å². The lowest BCUT2D eigenvalue weighted by atomic mass is 9.85. The number of thiophene rings is 1.